The number of fused-ring (bicyclic) bond motifs is 7. The first kappa shape index (κ1) is 51.1. The second-order valence-electron chi connectivity index (χ2n) is 23.8. The van der Waals surface area contributed by atoms with Crippen LogP contribution in [0.1, 0.15) is 96.3 Å². The number of carbonyl (C=O) groups is 4. The number of aromatic nitrogens is 3. The summed E-state index contributed by atoms with van der Waals surface area (Å²) < 4.78 is 14.6. The number of rotatable bonds is 9. The Bertz CT molecular complexity index is 2790. The van der Waals surface area contributed by atoms with Crippen molar-refractivity contribution in [2.75, 3.05) is 90.2 Å². The van der Waals surface area contributed by atoms with E-state index in [0.717, 1.165) is 135 Å². The molecule has 3 N–H and O–H groups in total. The van der Waals surface area contributed by atoms with E-state index in [1.165, 1.54) is 21.9 Å². The van der Waals surface area contributed by atoms with Gasteiger partial charge >= 0.3 is 5.97 Å². The third-order valence-electron chi connectivity index (χ3n) is 17.0. The van der Waals surface area contributed by atoms with Crippen molar-refractivity contribution in [3.8, 4) is 22.5 Å². The lowest BCUT2D eigenvalue weighted by Gasteiger charge is -2.44. The van der Waals surface area contributed by atoms with Crippen molar-refractivity contribution in [2.24, 2.45) is 16.7 Å². The molecule has 0 aliphatic carbocycles. The molecule has 6 bridgehead atoms. The predicted molar refractivity (Wildman–Crippen MR) is 287 cm³/mol. The van der Waals surface area contributed by atoms with Gasteiger partial charge in [0.2, 0.25) is 11.8 Å². The van der Waals surface area contributed by atoms with Gasteiger partial charge in [0.1, 0.15) is 12.1 Å². The van der Waals surface area contributed by atoms with Crippen LogP contribution in [0.2, 0.25) is 0 Å². The number of nitrogens with zero attached hydrogens (tertiary/aromatic N) is 8. The fraction of sp³-hybridized carbons (Fsp3) is 0.643. The molecule has 11 rings (SSSR count). The molecule has 1 aromatic carbocycles. The van der Waals surface area contributed by atoms with Crippen molar-refractivity contribution in [3.05, 3.63) is 52.1 Å². The Kier molecular flexibility index (Phi) is 14.2. The number of morpholine rings is 1. The molecule has 17 nitrogen and oxygen atoms in total. The second-order valence-corrected chi connectivity index (χ2v) is 24.8. The molecule has 6 saturated heterocycles. The van der Waals surface area contributed by atoms with Crippen LogP contribution in [0.25, 0.3) is 33.4 Å². The van der Waals surface area contributed by atoms with Crippen LogP contribution in [0.3, 0.4) is 0 Å². The zero-order chi connectivity index (χ0) is 51.6. The number of benzene rings is 1. The average molecular weight is 1030 g/mol. The minimum absolute atomic E-state index is 0.0368. The number of hydrogen-bond donors (Lipinski definition) is 3. The Morgan fingerprint density at radius 3 is 2.62 bits per heavy atom. The number of hydrazine groups is 1. The molecule has 0 saturated carbocycles. The van der Waals surface area contributed by atoms with Gasteiger partial charge in [0, 0.05) is 110 Å². The zero-order valence-electron chi connectivity index (χ0n) is 44.6. The van der Waals surface area contributed by atoms with Crippen LogP contribution in [-0.2, 0) is 48.0 Å². The third kappa shape index (κ3) is 10.1. The molecule has 6 atom stereocenters. The summed E-state index contributed by atoms with van der Waals surface area (Å²) in [6.07, 6.45) is 5.82. The molecule has 1 spiro atoms. The maximum absolute atomic E-state index is 14.8. The lowest BCUT2D eigenvalue weighted by Crippen LogP contribution is -2.62. The third-order valence-corrected chi connectivity index (χ3v) is 17.9. The number of thiazole rings is 1. The molecule has 4 aromatic rings. The molecule has 7 aliphatic heterocycles. The van der Waals surface area contributed by atoms with Crippen molar-refractivity contribution < 1.29 is 28.7 Å². The number of ether oxygens (including phenoxy) is 2. The largest absolute Gasteiger partial charge is 0.464 e. The fourth-order valence-corrected chi connectivity index (χ4v) is 13.9. The van der Waals surface area contributed by atoms with Crippen molar-refractivity contribution >= 4 is 51.6 Å². The molecule has 0 radical (unpaired) electrons. The zero-order valence-corrected chi connectivity index (χ0v) is 45.4. The molecule has 6 fully saturated rings. The smallest absolute Gasteiger partial charge is 0.324 e. The van der Waals surface area contributed by atoms with Crippen LogP contribution in [-0.4, -0.2) is 173 Å². The highest BCUT2D eigenvalue weighted by molar-refractivity contribution is 7.10. The highest BCUT2D eigenvalue weighted by atomic mass is 32.1. The summed E-state index contributed by atoms with van der Waals surface area (Å²) in [6.45, 7) is 25.4. The Labute approximate surface area is 440 Å². The van der Waals surface area contributed by atoms with Crippen LogP contribution in [0.15, 0.2) is 35.8 Å². The van der Waals surface area contributed by atoms with Crippen LogP contribution in [0.4, 0.5) is 5.69 Å². The van der Waals surface area contributed by atoms with Crippen molar-refractivity contribution in [1.29, 1.82) is 0 Å². The second kappa shape index (κ2) is 20.5. The van der Waals surface area contributed by atoms with Gasteiger partial charge in [-0.2, -0.15) is 0 Å². The van der Waals surface area contributed by atoms with Crippen molar-refractivity contribution in [1.82, 2.24) is 50.3 Å². The molecule has 3 aromatic heterocycles. The van der Waals surface area contributed by atoms with E-state index in [-0.39, 0.29) is 54.0 Å². The SMILES string of the molecule is CCn1c(-c2cc(N3CCN4CCOC[C@@H]4C3)cnc2C(C)C)c2c3cc(ccc31)-c1csc(n1)C[C@H](NC(=O)[C@H](C(C)C)N1CC[C@]3(CCN(C(=O)[C@H]4CN4)C3)C1)C(=O)N1CCC[C@H](N1)C(=O)OCC(C)(C)C2. The molecule has 0 unspecified atom stereocenters. The first-order chi connectivity index (χ1) is 35.6. The van der Waals surface area contributed by atoms with E-state index in [2.05, 4.69) is 120 Å². The van der Waals surface area contributed by atoms with Gasteiger partial charge in [0.05, 0.1) is 71.9 Å². The number of anilines is 1. The first-order valence-electron chi connectivity index (χ1n) is 27.6. The maximum Gasteiger partial charge on any atom is 0.324 e. The van der Waals surface area contributed by atoms with E-state index in [9.17, 15) is 19.2 Å². The number of likely N-dealkylation sites (tertiary alicyclic amines) is 2. The van der Waals surface area contributed by atoms with Crippen LogP contribution >= 0.6 is 11.3 Å². The highest BCUT2D eigenvalue weighted by Crippen LogP contribution is 2.44. The first-order valence-corrected chi connectivity index (χ1v) is 28.4. The molecule has 18 heteroatoms. The fourth-order valence-electron chi connectivity index (χ4n) is 13.0. The van der Waals surface area contributed by atoms with Gasteiger partial charge in [-0.3, -0.25) is 39.0 Å². The number of pyridine rings is 1. The number of nitrogens with one attached hydrogen (secondary N) is 3. The van der Waals surface area contributed by atoms with E-state index in [0.29, 0.717) is 38.4 Å². The number of amides is 3. The van der Waals surface area contributed by atoms with Gasteiger partial charge in [0.15, 0.2) is 0 Å². The highest BCUT2D eigenvalue weighted by Gasteiger charge is 2.49. The Balaban J connectivity index is 0.935. The summed E-state index contributed by atoms with van der Waals surface area (Å²) in [5.41, 5.74) is 11.2. The summed E-state index contributed by atoms with van der Waals surface area (Å²) in [5, 5.41) is 11.8. The molecule has 10 heterocycles. The van der Waals surface area contributed by atoms with Crippen molar-refractivity contribution in [2.45, 2.75) is 130 Å². The Morgan fingerprint density at radius 2 is 1.84 bits per heavy atom. The topological polar surface area (TPSA) is 180 Å². The van der Waals surface area contributed by atoms with Crippen molar-refractivity contribution in [3.63, 3.8) is 0 Å². The van der Waals surface area contributed by atoms with E-state index in [4.69, 9.17) is 19.4 Å². The van der Waals surface area contributed by atoms with Gasteiger partial charge in [-0.25, -0.2) is 10.4 Å². The average Bonchev–Trinajstić information content (AvgIpc) is 3.64. The number of carbonyl (C=O) groups excluding carboxylic acids is 4. The predicted octanol–water partition coefficient (Wildman–Crippen LogP) is 5.06. The van der Waals surface area contributed by atoms with E-state index in [1.54, 1.807) is 0 Å². The van der Waals surface area contributed by atoms with Gasteiger partial charge in [-0.1, -0.05) is 47.6 Å². The Hall–Kier alpha value is -4.98. The van der Waals surface area contributed by atoms with Crippen LogP contribution in [0.5, 0.6) is 0 Å². The number of aryl methyl sites for hydroxylation is 1. The van der Waals surface area contributed by atoms with Crippen LogP contribution < -0.4 is 21.0 Å². The van der Waals surface area contributed by atoms with E-state index >= 15 is 0 Å². The van der Waals surface area contributed by atoms with Gasteiger partial charge in [-0.15, -0.1) is 11.3 Å². The lowest BCUT2D eigenvalue weighted by molar-refractivity contribution is -0.155. The number of hydrogen-bond acceptors (Lipinski definition) is 14. The maximum atomic E-state index is 14.8. The lowest BCUT2D eigenvalue weighted by atomic mass is 9.84. The molecule has 7 aliphatic rings. The standard InChI is InChI=1S/C56H77N11O6S/c1-8-66-46-12-11-36-22-39(46)41(50(66)40-23-37(26-58-48(40)34(2)3)63-19-18-62-20-21-72-29-38(62)28-63)25-55(6,7)33-73-54(71)42-10-9-15-67(61-42)53(70)43(24-47-59-45(36)30-74-47)60-51(68)49(35(4)5)64-16-13-56(31-64)14-17-65(32-56)52(69)44-27-57-44/h11-12,22-23,26,30,34-35,38,42-44,49,57,61H,8-10,13-21,24-25,27-29,31-33H2,1-7H3,(H,60,68)/t38-,42-,43-,44+,49-,56-/m0/s1. The number of esters is 1. The van der Waals surface area contributed by atoms with Gasteiger partial charge in [0.25, 0.3) is 5.91 Å². The molecule has 74 heavy (non-hydrogen) atoms. The number of piperazine rings is 1. The van der Waals surface area contributed by atoms with E-state index < -0.39 is 29.5 Å². The van der Waals surface area contributed by atoms with E-state index in [1.807, 2.05) is 4.90 Å². The summed E-state index contributed by atoms with van der Waals surface area (Å²) in [7, 11) is 0. The summed E-state index contributed by atoms with van der Waals surface area (Å²) in [6, 6.07) is 7.14. The van der Waals surface area contributed by atoms with Crippen LogP contribution in [0, 0.1) is 16.7 Å². The van der Waals surface area contributed by atoms with Gasteiger partial charge < -0.3 is 34.5 Å². The van der Waals surface area contributed by atoms with Gasteiger partial charge in [-0.05, 0) is 81.2 Å². The monoisotopic (exact) mass is 1030 g/mol. The molecule has 3 amide bonds. The quantitative estimate of drug-likeness (QED) is 0.150. The normalized spacial score (nSPS) is 27.2. The minimum atomic E-state index is -0.945. The Morgan fingerprint density at radius 1 is 1.01 bits per heavy atom. The molecule has 398 valence electrons. The molecular formula is C56H77N11O6S. The summed E-state index contributed by atoms with van der Waals surface area (Å²) >= 11 is 1.49. The summed E-state index contributed by atoms with van der Waals surface area (Å²) in [5.74, 6) is -0.597. The summed E-state index contributed by atoms with van der Waals surface area (Å²) in [4.78, 5) is 76.6. The number of cyclic esters (lactones) is 1. The molecular weight excluding hydrogens is 955 g/mol. The minimum Gasteiger partial charge on any atom is -0.464 e.